The average Bonchev–Trinajstić information content (AvgIpc) is 2.76. The van der Waals surface area contributed by atoms with Crippen molar-refractivity contribution >= 4 is 20.1 Å². The van der Waals surface area contributed by atoms with Gasteiger partial charge in [0.2, 0.25) is 0 Å². The van der Waals surface area contributed by atoms with Gasteiger partial charge in [0.15, 0.2) is 0 Å². The molecule has 1 heterocycles. The number of nitrogens with one attached hydrogen (secondary N) is 2. The summed E-state index contributed by atoms with van der Waals surface area (Å²) < 4.78 is 11.1. The van der Waals surface area contributed by atoms with Crippen LogP contribution in [0.25, 0.3) is 0 Å². The molecule has 0 unspecified atom stereocenters. The third-order valence-electron chi connectivity index (χ3n) is 7.78. The summed E-state index contributed by atoms with van der Waals surface area (Å²) >= 11 is 0. The first-order chi connectivity index (χ1) is 17.7. The first-order valence-corrected chi connectivity index (χ1v) is 17.5. The number of methoxy groups -OCH3 is 1. The molecular formula is C30H45N3O4Si. The van der Waals surface area contributed by atoms with E-state index >= 15 is 0 Å². The van der Waals surface area contributed by atoms with Crippen LogP contribution in [0.5, 0.6) is 5.75 Å². The molecule has 0 radical (unpaired) electrons. The molecular weight excluding hydrogens is 494 g/mol. The number of alkyl carbamates (subject to hydrolysis) is 1. The van der Waals surface area contributed by atoms with Crippen LogP contribution in [0.15, 0.2) is 18.2 Å². The molecule has 0 saturated heterocycles. The second kappa shape index (κ2) is 10.2. The minimum atomic E-state index is -1.73. The predicted octanol–water partition coefficient (Wildman–Crippen LogP) is 5.17. The second-order valence-electron chi connectivity index (χ2n) is 13.5. The Labute approximate surface area is 229 Å². The third-order valence-corrected chi connectivity index (χ3v) is 8.65. The Kier molecular flexibility index (Phi) is 7.68. The van der Waals surface area contributed by atoms with Gasteiger partial charge in [-0.3, -0.25) is 10.1 Å². The van der Waals surface area contributed by atoms with Crippen LogP contribution in [0.2, 0.25) is 19.6 Å². The zero-order chi connectivity index (χ0) is 27.9. The van der Waals surface area contributed by atoms with Crippen LogP contribution in [-0.4, -0.2) is 55.9 Å². The highest BCUT2D eigenvalue weighted by molar-refractivity contribution is 6.84. The Balaban J connectivity index is 1.67. The van der Waals surface area contributed by atoms with Crippen LogP contribution >= 0.6 is 0 Å². The summed E-state index contributed by atoms with van der Waals surface area (Å²) in [6.45, 7) is 15.1. The molecule has 8 heteroatoms. The van der Waals surface area contributed by atoms with Gasteiger partial charge in [0.05, 0.1) is 19.3 Å². The SMILES string of the molecule is CCCCN[C@H]1Cc2cc(OC)ccc2[C@H](C23CC(NC(=O)OC(C)(C)C)(C2)C3)N1C(=O)C#C[Si](C)(C)C. The van der Waals surface area contributed by atoms with Crippen LogP contribution in [-0.2, 0) is 16.0 Å². The van der Waals surface area contributed by atoms with Crippen molar-refractivity contribution in [1.29, 1.82) is 0 Å². The van der Waals surface area contributed by atoms with Crippen molar-refractivity contribution in [2.75, 3.05) is 13.7 Å². The molecule has 3 aliphatic carbocycles. The van der Waals surface area contributed by atoms with Crippen molar-refractivity contribution in [3.05, 3.63) is 29.3 Å². The van der Waals surface area contributed by atoms with E-state index in [1.165, 1.54) is 11.1 Å². The molecule has 4 aliphatic rings. The fourth-order valence-corrected chi connectivity index (χ4v) is 6.89. The number of benzene rings is 1. The summed E-state index contributed by atoms with van der Waals surface area (Å²) in [6.07, 6.45) is 4.80. The van der Waals surface area contributed by atoms with E-state index in [1.54, 1.807) is 7.11 Å². The molecule has 2 atom stereocenters. The highest BCUT2D eigenvalue weighted by Crippen LogP contribution is 2.74. The molecule has 5 rings (SSSR count). The molecule has 7 nitrogen and oxygen atoms in total. The predicted molar refractivity (Wildman–Crippen MR) is 152 cm³/mol. The summed E-state index contributed by atoms with van der Waals surface area (Å²) in [4.78, 5) is 28.5. The number of carbonyl (C=O) groups excluding carboxylic acids is 2. The number of carbonyl (C=O) groups is 2. The minimum absolute atomic E-state index is 0.0973. The second-order valence-corrected chi connectivity index (χ2v) is 18.3. The summed E-state index contributed by atoms with van der Waals surface area (Å²) in [5.41, 5.74) is 4.80. The molecule has 208 valence electrons. The van der Waals surface area contributed by atoms with Gasteiger partial charge in [-0.15, -0.1) is 5.54 Å². The van der Waals surface area contributed by atoms with Crippen molar-refractivity contribution in [3.8, 4) is 17.2 Å². The smallest absolute Gasteiger partial charge is 0.408 e. The number of fused-ring (bicyclic) bond motifs is 1. The molecule has 1 aromatic carbocycles. The van der Waals surface area contributed by atoms with Gasteiger partial charge >= 0.3 is 6.09 Å². The summed E-state index contributed by atoms with van der Waals surface area (Å²) in [6, 6.07) is 6.13. The molecule has 3 fully saturated rings. The van der Waals surface area contributed by atoms with E-state index in [9.17, 15) is 9.59 Å². The molecule has 2 N–H and O–H groups in total. The molecule has 0 aromatic heterocycles. The normalized spacial score (nSPS) is 27.6. The van der Waals surface area contributed by atoms with E-state index in [4.69, 9.17) is 9.47 Å². The lowest BCUT2D eigenvalue weighted by molar-refractivity contribution is -0.207. The fraction of sp³-hybridized carbons (Fsp3) is 0.667. The lowest BCUT2D eigenvalue weighted by atomic mass is 9.36. The Morgan fingerprint density at radius 1 is 1.18 bits per heavy atom. The Morgan fingerprint density at radius 3 is 2.45 bits per heavy atom. The van der Waals surface area contributed by atoms with E-state index in [-0.39, 0.29) is 35.2 Å². The van der Waals surface area contributed by atoms with Crippen molar-refractivity contribution in [1.82, 2.24) is 15.5 Å². The van der Waals surface area contributed by atoms with Gasteiger partial charge in [0.1, 0.15) is 19.4 Å². The van der Waals surface area contributed by atoms with Gasteiger partial charge in [-0.1, -0.05) is 39.1 Å². The first-order valence-electron chi connectivity index (χ1n) is 14.0. The van der Waals surface area contributed by atoms with Crippen molar-refractivity contribution in [2.45, 2.75) is 109 Å². The average molecular weight is 540 g/mol. The van der Waals surface area contributed by atoms with E-state index in [2.05, 4.69) is 60.8 Å². The number of nitrogens with zero attached hydrogens (tertiary/aromatic N) is 1. The van der Waals surface area contributed by atoms with Gasteiger partial charge in [-0.25, -0.2) is 4.79 Å². The highest BCUT2D eigenvalue weighted by Gasteiger charge is 2.73. The topological polar surface area (TPSA) is 79.9 Å². The maximum Gasteiger partial charge on any atom is 0.408 e. The van der Waals surface area contributed by atoms with Crippen molar-refractivity contribution < 1.29 is 19.1 Å². The van der Waals surface area contributed by atoms with Crippen LogP contribution in [0.1, 0.15) is 77.0 Å². The maximum absolute atomic E-state index is 13.9. The van der Waals surface area contributed by atoms with E-state index in [0.717, 1.165) is 44.4 Å². The summed E-state index contributed by atoms with van der Waals surface area (Å²) in [5.74, 6) is 3.77. The molecule has 38 heavy (non-hydrogen) atoms. The van der Waals surface area contributed by atoms with Gasteiger partial charge < -0.3 is 19.7 Å². The van der Waals surface area contributed by atoms with Crippen molar-refractivity contribution in [2.24, 2.45) is 5.41 Å². The van der Waals surface area contributed by atoms with Crippen molar-refractivity contribution in [3.63, 3.8) is 0 Å². The number of hydrogen-bond donors (Lipinski definition) is 2. The van der Waals surface area contributed by atoms with E-state index in [1.807, 2.05) is 31.7 Å². The molecule has 1 aliphatic heterocycles. The Morgan fingerprint density at radius 2 is 1.87 bits per heavy atom. The number of amides is 2. The lowest BCUT2D eigenvalue weighted by Crippen LogP contribution is -2.78. The van der Waals surface area contributed by atoms with Gasteiger partial charge in [0.25, 0.3) is 5.91 Å². The monoisotopic (exact) mass is 539 g/mol. The standard InChI is InChI=1S/C30H45N3O4Si/c1-9-10-14-31-24-17-21-16-22(36-5)11-12-23(21)26(33(24)25(34)13-15-38(6,7)8)29-18-30(19-29,20-29)32-27(35)37-28(2,3)4/h11-12,16,24,26,31H,9-10,14,17-20H2,1-8H3,(H,32,35)/t24-,26-,29?,30?/m1/s1. The zero-order valence-electron chi connectivity index (χ0n) is 24.4. The molecule has 3 saturated carbocycles. The lowest BCUT2D eigenvalue weighted by Gasteiger charge is -2.74. The Hall–Kier alpha value is -2.50. The number of hydrogen-bond acceptors (Lipinski definition) is 5. The van der Waals surface area contributed by atoms with E-state index < -0.39 is 13.7 Å². The fourth-order valence-electron chi connectivity index (χ4n) is 6.40. The summed E-state index contributed by atoms with van der Waals surface area (Å²) in [7, 11) is -0.0418. The first kappa shape index (κ1) is 28.5. The minimum Gasteiger partial charge on any atom is -0.497 e. The molecule has 2 bridgehead atoms. The largest absolute Gasteiger partial charge is 0.497 e. The van der Waals surface area contributed by atoms with E-state index in [0.29, 0.717) is 6.42 Å². The highest BCUT2D eigenvalue weighted by atomic mass is 28.3. The molecule has 0 spiro atoms. The van der Waals surface area contributed by atoms with Crippen LogP contribution in [0.4, 0.5) is 4.79 Å². The third kappa shape index (κ3) is 5.89. The zero-order valence-corrected chi connectivity index (χ0v) is 25.4. The van der Waals surface area contributed by atoms with Crippen LogP contribution < -0.4 is 15.4 Å². The Bertz CT molecular complexity index is 1120. The number of ether oxygens (including phenoxy) is 2. The summed E-state index contributed by atoms with van der Waals surface area (Å²) in [5, 5.41) is 6.82. The van der Waals surface area contributed by atoms with Crippen LogP contribution in [0, 0.1) is 16.9 Å². The molecule has 1 aromatic rings. The number of unbranched alkanes of at least 4 members (excludes halogenated alkanes) is 1. The van der Waals surface area contributed by atoms with Crippen LogP contribution in [0.3, 0.4) is 0 Å². The van der Waals surface area contributed by atoms with Gasteiger partial charge in [-0.2, -0.15) is 0 Å². The quantitative estimate of drug-likeness (QED) is 0.284. The maximum atomic E-state index is 13.9. The van der Waals surface area contributed by atoms with Gasteiger partial charge in [0, 0.05) is 17.4 Å². The van der Waals surface area contributed by atoms with Gasteiger partial charge in [-0.05, 0) is 82.2 Å². The number of rotatable bonds is 7. The molecule has 2 amide bonds.